The smallest absolute Gasteiger partial charge is 0.356 e. The highest BCUT2D eigenvalue weighted by Gasteiger charge is 2.34. The fourth-order valence-corrected chi connectivity index (χ4v) is 6.33. The van der Waals surface area contributed by atoms with Crippen LogP contribution in [0.2, 0.25) is 0 Å². The number of alkyl halides is 3. The van der Waals surface area contributed by atoms with Gasteiger partial charge in [0.2, 0.25) is 0 Å². The molecule has 2 N–H and O–H groups in total. The standard InChI is InChI=1S/C22H22F4N3O6PS2/c1-3-18-13(14-8-34-10-28(2)20(14)38-18)7-19(30)27-21-29(11-35-36(31,32)33)17(9-37-21)12-4-5-15(16(23)6-12)22(24,25)26/h4-6,9H,3,7-8,10-11H2,1-2H3,(H2,31,32,33). The molecule has 0 spiro atoms. The molecule has 3 heterocycles. The zero-order valence-electron chi connectivity index (χ0n) is 20.0. The Labute approximate surface area is 221 Å². The van der Waals surface area contributed by atoms with Crippen molar-refractivity contribution in [3.8, 4) is 11.3 Å². The third-order valence-corrected chi connectivity index (χ3v) is 8.50. The Morgan fingerprint density at radius 3 is 2.68 bits per heavy atom. The van der Waals surface area contributed by atoms with E-state index in [1.807, 2.05) is 18.9 Å². The van der Waals surface area contributed by atoms with E-state index in [4.69, 9.17) is 14.5 Å². The topological polar surface area (TPSA) is 114 Å². The molecule has 1 aliphatic heterocycles. The lowest BCUT2D eigenvalue weighted by atomic mass is 10.1. The van der Waals surface area contributed by atoms with Gasteiger partial charge in [0, 0.05) is 28.4 Å². The molecule has 0 aliphatic carbocycles. The Hall–Kier alpha value is -2.39. The first-order chi connectivity index (χ1) is 17.8. The highest BCUT2D eigenvalue weighted by molar-refractivity contribution is 7.46. The summed E-state index contributed by atoms with van der Waals surface area (Å²) in [6.45, 7) is 1.95. The Bertz CT molecular complexity index is 1480. The van der Waals surface area contributed by atoms with Gasteiger partial charge in [0.05, 0.1) is 29.3 Å². The molecule has 1 aromatic carbocycles. The molecule has 0 unspecified atom stereocenters. The molecule has 0 atom stereocenters. The van der Waals surface area contributed by atoms with E-state index in [0.29, 0.717) is 31.9 Å². The average molecular weight is 596 g/mol. The number of carbonyl (C=O) groups is 1. The summed E-state index contributed by atoms with van der Waals surface area (Å²) in [6, 6.07) is 2.21. The number of hydrogen-bond donors (Lipinski definition) is 2. The van der Waals surface area contributed by atoms with Crippen molar-refractivity contribution < 1.29 is 46.0 Å². The normalized spacial score (nSPS) is 14.7. The first-order valence-electron chi connectivity index (χ1n) is 11.0. The van der Waals surface area contributed by atoms with Gasteiger partial charge in [-0.05, 0) is 24.1 Å². The fourth-order valence-electron chi connectivity index (χ4n) is 3.94. The zero-order valence-corrected chi connectivity index (χ0v) is 22.5. The minimum Gasteiger partial charge on any atom is -0.356 e. The largest absolute Gasteiger partial charge is 0.471 e. The molecule has 9 nitrogen and oxygen atoms in total. The summed E-state index contributed by atoms with van der Waals surface area (Å²) in [4.78, 5) is 38.3. The number of anilines is 1. The maximum atomic E-state index is 14.2. The predicted molar refractivity (Wildman–Crippen MR) is 132 cm³/mol. The van der Waals surface area contributed by atoms with Gasteiger partial charge in [-0.1, -0.05) is 13.0 Å². The van der Waals surface area contributed by atoms with E-state index < -0.39 is 38.0 Å². The van der Waals surface area contributed by atoms with E-state index in [9.17, 15) is 26.9 Å². The molecular formula is C22H22F4N3O6PS2. The van der Waals surface area contributed by atoms with Gasteiger partial charge >= 0.3 is 14.0 Å². The molecule has 38 heavy (non-hydrogen) atoms. The number of fused-ring (bicyclic) bond motifs is 1. The number of rotatable bonds is 7. The number of hydrogen-bond acceptors (Lipinski definition) is 7. The molecular weight excluding hydrogens is 573 g/mol. The maximum Gasteiger partial charge on any atom is 0.471 e. The third-order valence-electron chi connectivity index (χ3n) is 5.65. The Kier molecular flexibility index (Phi) is 8.28. The fraction of sp³-hybridized carbons (Fsp3) is 0.364. The van der Waals surface area contributed by atoms with Crippen molar-refractivity contribution in [3.05, 3.63) is 55.8 Å². The Morgan fingerprint density at radius 1 is 1.32 bits per heavy atom. The first kappa shape index (κ1) is 28.6. The molecule has 1 amide bonds. The van der Waals surface area contributed by atoms with E-state index in [1.54, 1.807) is 11.3 Å². The molecule has 0 bridgehead atoms. The van der Waals surface area contributed by atoms with Crippen LogP contribution >= 0.6 is 30.5 Å². The summed E-state index contributed by atoms with van der Waals surface area (Å²) in [6.07, 6.45) is -4.28. The summed E-state index contributed by atoms with van der Waals surface area (Å²) < 4.78 is 75.7. The molecule has 0 fully saturated rings. The second-order valence-corrected chi connectivity index (χ2v) is 11.4. The highest BCUT2D eigenvalue weighted by Crippen LogP contribution is 2.40. The number of halogens is 4. The minimum absolute atomic E-state index is 0.0321. The van der Waals surface area contributed by atoms with E-state index in [1.165, 1.54) is 5.38 Å². The molecule has 0 saturated carbocycles. The molecule has 0 radical (unpaired) electrons. The molecule has 4 rings (SSSR count). The van der Waals surface area contributed by atoms with Crippen LogP contribution in [0.4, 0.5) is 22.6 Å². The Morgan fingerprint density at radius 2 is 2.05 bits per heavy atom. The van der Waals surface area contributed by atoms with Gasteiger partial charge in [-0.3, -0.25) is 13.9 Å². The third kappa shape index (κ3) is 6.25. The number of carbonyl (C=O) groups excluding carboxylic acids is 1. The van der Waals surface area contributed by atoms with Gasteiger partial charge in [0.25, 0.3) is 5.91 Å². The molecule has 16 heteroatoms. The molecule has 0 saturated heterocycles. The number of ether oxygens (including phenoxy) is 1. The van der Waals surface area contributed by atoms with Crippen LogP contribution in [-0.2, 0) is 51.0 Å². The molecule has 206 valence electrons. The summed E-state index contributed by atoms with van der Waals surface area (Å²) in [5, 5.41) is 2.38. The zero-order chi connectivity index (χ0) is 27.8. The van der Waals surface area contributed by atoms with Crippen molar-refractivity contribution in [3.63, 3.8) is 0 Å². The molecule has 1 aliphatic rings. The van der Waals surface area contributed by atoms with Crippen molar-refractivity contribution in [2.45, 2.75) is 39.3 Å². The van der Waals surface area contributed by atoms with Crippen molar-refractivity contribution in [2.24, 2.45) is 4.99 Å². The molecule has 2 aromatic heterocycles. The van der Waals surface area contributed by atoms with Gasteiger partial charge in [-0.2, -0.15) is 18.2 Å². The number of aryl methyl sites for hydroxylation is 1. The van der Waals surface area contributed by atoms with Crippen molar-refractivity contribution in [1.82, 2.24) is 4.57 Å². The lowest BCUT2D eigenvalue weighted by molar-refractivity contribution is -0.140. The van der Waals surface area contributed by atoms with Crippen molar-refractivity contribution in [2.75, 3.05) is 18.7 Å². The number of amides is 1. The van der Waals surface area contributed by atoms with Crippen LogP contribution in [0, 0.1) is 5.82 Å². The second-order valence-electron chi connectivity index (χ2n) is 8.27. The van der Waals surface area contributed by atoms with Crippen molar-refractivity contribution >= 4 is 41.4 Å². The van der Waals surface area contributed by atoms with E-state index in [0.717, 1.165) is 43.0 Å². The SMILES string of the molecule is CCc1sc2c(c1CC(=O)N=c1scc(-c3ccc(C(F)(F)F)c(F)c3)n1COP(=O)(O)O)COCN2C. The van der Waals surface area contributed by atoms with Gasteiger partial charge in [-0.15, -0.1) is 22.7 Å². The monoisotopic (exact) mass is 595 g/mol. The van der Waals surface area contributed by atoms with E-state index >= 15 is 0 Å². The van der Waals surface area contributed by atoms with Gasteiger partial charge in [0.1, 0.15) is 19.3 Å². The lowest BCUT2D eigenvalue weighted by Crippen LogP contribution is -2.25. The number of aromatic nitrogens is 1. The quantitative estimate of drug-likeness (QED) is 0.302. The van der Waals surface area contributed by atoms with Crippen LogP contribution in [0.1, 0.15) is 28.5 Å². The second kappa shape index (κ2) is 11.0. The van der Waals surface area contributed by atoms with Crippen LogP contribution < -0.4 is 9.70 Å². The van der Waals surface area contributed by atoms with Crippen LogP contribution in [0.5, 0.6) is 0 Å². The van der Waals surface area contributed by atoms with Crippen LogP contribution in [0.25, 0.3) is 11.3 Å². The number of benzene rings is 1. The van der Waals surface area contributed by atoms with Crippen LogP contribution in [0.15, 0.2) is 28.6 Å². The summed E-state index contributed by atoms with van der Waals surface area (Å²) in [7, 11) is -3.09. The van der Waals surface area contributed by atoms with E-state index in [-0.39, 0.29) is 22.5 Å². The van der Waals surface area contributed by atoms with Crippen LogP contribution in [-0.4, -0.2) is 34.0 Å². The minimum atomic E-state index is -4.97. The Balaban J connectivity index is 1.72. The van der Waals surface area contributed by atoms with E-state index in [2.05, 4.69) is 9.52 Å². The number of phosphoric ester groups is 1. The first-order valence-corrected chi connectivity index (χ1v) is 14.3. The summed E-state index contributed by atoms with van der Waals surface area (Å²) in [5.41, 5.74) is 0.256. The summed E-state index contributed by atoms with van der Waals surface area (Å²) >= 11 is 2.45. The van der Waals surface area contributed by atoms with Crippen molar-refractivity contribution in [1.29, 1.82) is 0 Å². The number of phosphoric acid groups is 1. The predicted octanol–water partition coefficient (Wildman–Crippen LogP) is 4.66. The van der Waals surface area contributed by atoms with Gasteiger partial charge in [-0.25, -0.2) is 8.96 Å². The number of thiazole rings is 1. The highest BCUT2D eigenvalue weighted by atomic mass is 32.1. The maximum absolute atomic E-state index is 14.2. The lowest BCUT2D eigenvalue weighted by Gasteiger charge is -2.24. The summed E-state index contributed by atoms with van der Waals surface area (Å²) in [5.74, 6) is -2.09. The van der Waals surface area contributed by atoms with Gasteiger partial charge in [0.15, 0.2) is 4.80 Å². The number of nitrogens with zero attached hydrogens (tertiary/aromatic N) is 3. The number of thiophene rings is 1. The molecule has 3 aromatic rings. The average Bonchev–Trinajstić information content (AvgIpc) is 3.38. The van der Waals surface area contributed by atoms with Gasteiger partial charge < -0.3 is 19.4 Å². The van der Waals surface area contributed by atoms with Crippen LogP contribution in [0.3, 0.4) is 0 Å².